The summed E-state index contributed by atoms with van der Waals surface area (Å²) < 4.78 is 27.9. The van der Waals surface area contributed by atoms with Crippen LogP contribution in [0, 0.1) is 0 Å². The molecule has 7 heteroatoms. The normalized spacial score (nSPS) is 18.2. The molecule has 1 saturated heterocycles. The van der Waals surface area contributed by atoms with Gasteiger partial charge in [-0.15, -0.1) is 0 Å². The Balaban J connectivity index is 0.00000324. The van der Waals surface area contributed by atoms with Gasteiger partial charge in [-0.1, -0.05) is 0 Å². The van der Waals surface area contributed by atoms with Crippen molar-refractivity contribution >= 4 is 18.7 Å². The Labute approximate surface area is 121 Å². The van der Waals surface area contributed by atoms with Gasteiger partial charge in [-0.25, -0.2) is 0 Å². The Morgan fingerprint density at radius 1 is 1.05 bits per heavy atom. The van der Waals surface area contributed by atoms with Gasteiger partial charge in [0.05, 0.1) is 13.2 Å². The zero-order valence-corrected chi connectivity index (χ0v) is 14.9. The molecule has 0 saturated carbocycles. The second-order valence-electron chi connectivity index (χ2n) is 4.12. The summed E-state index contributed by atoms with van der Waals surface area (Å²) in [6, 6.07) is 0.814. The summed E-state index contributed by atoms with van der Waals surface area (Å²) >= 11 is 0. The smallest absolute Gasteiger partial charge is 0.379 e. The summed E-state index contributed by atoms with van der Waals surface area (Å²) in [7, 11) is -2.47. The van der Waals surface area contributed by atoms with Gasteiger partial charge in [0, 0.05) is 32.5 Å². The fourth-order valence-electron chi connectivity index (χ4n) is 1.77. The third-order valence-electron chi connectivity index (χ3n) is 2.57. The third kappa shape index (κ3) is 8.35. The summed E-state index contributed by atoms with van der Waals surface area (Å²) in [5.41, 5.74) is 0. The van der Waals surface area contributed by atoms with Crippen LogP contribution in [0.3, 0.4) is 0 Å². The first-order chi connectivity index (χ1) is 8.76. The molecule has 0 aliphatic carbocycles. The van der Waals surface area contributed by atoms with Crippen molar-refractivity contribution in [3.63, 3.8) is 0 Å². The fraction of sp³-hybridized carbons (Fsp3) is 1.00. The second-order valence-corrected chi connectivity index (χ2v) is 6.85. The first-order valence-corrected chi connectivity index (χ1v) is 8.80. The van der Waals surface area contributed by atoms with Crippen molar-refractivity contribution < 1.29 is 22.8 Å². The third-order valence-corrected chi connectivity index (χ3v) is 5.72. The van der Waals surface area contributed by atoms with E-state index >= 15 is 0 Å². The number of rotatable bonds is 12. The first-order valence-electron chi connectivity index (χ1n) is 6.87. The minimum Gasteiger partial charge on any atom is -0.379 e. The Morgan fingerprint density at radius 2 is 1.58 bits per heavy atom. The van der Waals surface area contributed by atoms with E-state index < -0.39 is 8.80 Å². The van der Waals surface area contributed by atoms with Gasteiger partial charge >= 0.3 is 8.80 Å². The molecule has 0 radical (unpaired) electrons. The zero-order chi connectivity index (χ0) is 13.3. The quantitative estimate of drug-likeness (QED) is 0.238. The number of hydrogen-bond donors (Lipinski definition) is 0. The van der Waals surface area contributed by atoms with Crippen molar-refractivity contribution in [2.45, 2.75) is 39.3 Å². The number of ether oxygens (including phenoxy) is 2. The molecule has 0 aromatic rings. The fourth-order valence-corrected chi connectivity index (χ4v) is 4.35. The van der Waals surface area contributed by atoms with Gasteiger partial charge in [-0.05, 0) is 27.2 Å². The molecule has 0 spiro atoms. The van der Waals surface area contributed by atoms with E-state index in [2.05, 4.69) is 0 Å². The molecule has 0 bridgehead atoms. The van der Waals surface area contributed by atoms with E-state index in [-0.39, 0.29) is 9.90 Å². The highest BCUT2D eigenvalue weighted by atomic mass is 31.0. The molecule has 19 heavy (non-hydrogen) atoms. The van der Waals surface area contributed by atoms with Crippen LogP contribution in [0.2, 0.25) is 6.04 Å². The zero-order valence-electron chi connectivity index (χ0n) is 12.5. The number of epoxide rings is 1. The van der Waals surface area contributed by atoms with Crippen LogP contribution in [0.25, 0.3) is 0 Å². The second kappa shape index (κ2) is 11.1. The molecule has 0 N–H and O–H groups in total. The van der Waals surface area contributed by atoms with E-state index in [0.29, 0.717) is 39.1 Å². The van der Waals surface area contributed by atoms with Gasteiger partial charge in [-0.3, -0.25) is 0 Å². The lowest BCUT2D eigenvalue weighted by molar-refractivity contribution is 0.0648. The van der Waals surface area contributed by atoms with Crippen LogP contribution in [0.4, 0.5) is 0 Å². The average molecular weight is 312 g/mol. The molecule has 5 nitrogen and oxygen atoms in total. The van der Waals surface area contributed by atoms with Crippen LogP contribution >= 0.6 is 9.90 Å². The lowest BCUT2D eigenvalue weighted by Crippen LogP contribution is -2.46. The maximum atomic E-state index is 5.76. The van der Waals surface area contributed by atoms with Gasteiger partial charge in [0.2, 0.25) is 0 Å². The topological polar surface area (TPSA) is 49.5 Å². The number of hydrogen-bond acceptors (Lipinski definition) is 5. The monoisotopic (exact) mass is 312 g/mol. The standard InChI is InChI=1S/C12H26O5Si.H3P/c1-4-15-18(16-5-2,17-6-3)9-7-8-13-10-12-11-14-12;/h12H,4-11H2,1-3H3;1H3. The molecule has 0 aromatic heterocycles. The van der Waals surface area contributed by atoms with E-state index in [1.165, 1.54) is 0 Å². The van der Waals surface area contributed by atoms with E-state index in [4.69, 9.17) is 22.8 Å². The van der Waals surface area contributed by atoms with Crippen LogP contribution in [-0.4, -0.2) is 54.5 Å². The van der Waals surface area contributed by atoms with Crippen LogP contribution in [0.15, 0.2) is 0 Å². The summed E-state index contributed by atoms with van der Waals surface area (Å²) in [4.78, 5) is 0. The average Bonchev–Trinajstić information content (AvgIpc) is 3.14. The highest BCUT2D eigenvalue weighted by Gasteiger charge is 2.39. The van der Waals surface area contributed by atoms with E-state index in [1.807, 2.05) is 20.8 Å². The van der Waals surface area contributed by atoms with Crippen molar-refractivity contribution in [3.05, 3.63) is 0 Å². The molecule has 0 aromatic carbocycles. The summed E-state index contributed by atoms with van der Waals surface area (Å²) in [5.74, 6) is 0. The molecular formula is C12H29O5PSi. The molecule has 1 heterocycles. The van der Waals surface area contributed by atoms with Crippen LogP contribution in [-0.2, 0) is 22.8 Å². The minimum absolute atomic E-state index is 0. The van der Waals surface area contributed by atoms with Crippen LogP contribution < -0.4 is 0 Å². The van der Waals surface area contributed by atoms with Crippen molar-refractivity contribution in [1.82, 2.24) is 0 Å². The Bertz CT molecular complexity index is 199. The first kappa shape index (κ1) is 19.4. The maximum Gasteiger partial charge on any atom is 0.501 e. The molecule has 1 rings (SSSR count). The van der Waals surface area contributed by atoms with E-state index in [9.17, 15) is 0 Å². The maximum absolute atomic E-state index is 5.76. The summed E-state index contributed by atoms with van der Waals surface area (Å²) in [6.07, 6.45) is 1.23. The minimum atomic E-state index is -2.47. The molecule has 0 amide bonds. The highest BCUT2D eigenvalue weighted by molar-refractivity contribution is 6.92. The van der Waals surface area contributed by atoms with Crippen molar-refractivity contribution in [1.29, 1.82) is 0 Å². The van der Waals surface area contributed by atoms with Crippen molar-refractivity contribution in [2.24, 2.45) is 0 Å². The van der Waals surface area contributed by atoms with Gasteiger partial charge < -0.3 is 22.8 Å². The molecule has 2 unspecified atom stereocenters. The molecule has 1 fully saturated rings. The predicted molar refractivity (Wildman–Crippen MR) is 81.7 cm³/mol. The van der Waals surface area contributed by atoms with Gasteiger partial charge in [0.25, 0.3) is 0 Å². The summed E-state index contributed by atoms with van der Waals surface area (Å²) in [5, 5.41) is 0. The Morgan fingerprint density at radius 3 is 2.00 bits per heavy atom. The SMILES string of the molecule is CCO[Si](CCCOCC1CO1)(OCC)OCC.P. The van der Waals surface area contributed by atoms with Crippen LogP contribution in [0.5, 0.6) is 0 Å². The van der Waals surface area contributed by atoms with Crippen molar-refractivity contribution in [3.8, 4) is 0 Å². The Kier molecular flexibility index (Phi) is 11.4. The van der Waals surface area contributed by atoms with E-state index in [0.717, 1.165) is 19.1 Å². The van der Waals surface area contributed by atoms with Gasteiger partial charge in [0.15, 0.2) is 0 Å². The molecule has 2 atom stereocenters. The Hall–Kier alpha value is 0.447. The molecule has 1 aliphatic heterocycles. The highest BCUT2D eigenvalue weighted by Crippen LogP contribution is 2.18. The molecule has 116 valence electrons. The van der Waals surface area contributed by atoms with Crippen LogP contribution in [0.1, 0.15) is 27.2 Å². The lowest BCUT2D eigenvalue weighted by atomic mass is 10.5. The largest absolute Gasteiger partial charge is 0.501 e. The molecule has 1 aliphatic rings. The summed E-state index contributed by atoms with van der Waals surface area (Å²) in [6.45, 7) is 10.1. The van der Waals surface area contributed by atoms with Crippen molar-refractivity contribution in [2.75, 3.05) is 39.6 Å². The van der Waals surface area contributed by atoms with E-state index in [1.54, 1.807) is 0 Å². The van der Waals surface area contributed by atoms with Gasteiger partial charge in [0.1, 0.15) is 6.10 Å². The lowest BCUT2D eigenvalue weighted by Gasteiger charge is -2.28. The molecular weight excluding hydrogens is 283 g/mol. The predicted octanol–water partition coefficient (Wildman–Crippen LogP) is 1.90. The van der Waals surface area contributed by atoms with Gasteiger partial charge in [-0.2, -0.15) is 9.90 Å².